The summed E-state index contributed by atoms with van der Waals surface area (Å²) in [4.78, 5) is 24.4. The van der Waals surface area contributed by atoms with Crippen molar-refractivity contribution >= 4 is 23.4 Å². The van der Waals surface area contributed by atoms with Crippen LogP contribution in [0.5, 0.6) is 0 Å². The summed E-state index contributed by atoms with van der Waals surface area (Å²) in [5, 5.41) is 2.59. The highest BCUT2D eigenvalue weighted by molar-refractivity contribution is 7.98. The van der Waals surface area contributed by atoms with E-state index in [1.54, 1.807) is 24.3 Å². The van der Waals surface area contributed by atoms with Crippen molar-refractivity contribution in [3.8, 4) is 0 Å². The van der Waals surface area contributed by atoms with E-state index in [-0.39, 0.29) is 0 Å². The summed E-state index contributed by atoms with van der Waals surface area (Å²) in [6.07, 6.45) is -2.10. The molecule has 1 N–H and O–H groups in total. The highest BCUT2D eigenvalue weighted by Crippen LogP contribution is 2.28. The fraction of sp³-hybridized carbons (Fsp3) is 0.200. The fourth-order valence-corrected chi connectivity index (χ4v) is 2.47. The zero-order chi connectivity index (χ0) is 17.0. The molecule has 0 unspecified atom stereocenters. The molecule has 0 spiro atoms. The van der Waals surface area contributed by atoms with Gasteiger partial charge in [0.05, 0.1) is 11.3 Å². The molecule has 1 aromatic heterocycles. The number of rotatable bonds is 4. The zero-order valence-electron chi connectivity index (χ0n) is 12.1. The average Bonchev–Trinajstić information content (AvgIpc) is 2.49. The molecule has 0 atom stereocenters. The molecule has 0 bridgehead atoms. The Kier molecular flexibility index (Phi) is 5.15. The van der Waals surface area contributed by atoms with E-state index >= 15 is 0 Å². The maximum absolute atomic E-state index is 12.7. The zero-order valence-corrected chi connectivity index (χ0v) is 12.9. The van der Waals surface area contributed by atoms with Crippen LogP contribution in [0, 0.1) is 0 Å². The minimum atomic E-state index is -4.57. The van der Waals surface area contributed by atoms with Crippen LogP contribution >= 0.6 is 11.8 Å². The minimum Gasteiger partial charge on any atom is -0.324 e. The number of aromatic nitrogens is 1. The van der Waals surface area contributed by atoms with Gasteiger partial charge in [-0.05, 0) is 24.5 Å². The molecule has 0 aliphatic heterocycles. The standard InChI is InChI=1S/C15H13F3N2O2S/c1-23-12-5-3-2-4-11(12)19-13(21)9-20-8-10(15(16,17)18)6-7-14(20)22/h2-8H,9H2,1H3,(H,19,21). The molecule has 2 rings (SSSR count). The molecule has 122 valence electrons. The number of para-hydroxylation sites is 1. The van der Waals surface area contributed by atoms with Gasteiger partial charge in [0, 0.05) is 17.2 Å². The van der Waals surface area contributed by atoms with Crippen LogP contribution in [0.2, 0.25) is 0 Å². The third-order valence-corrected chi connectivity index (χ3v) is 3.80. The van der Waals surface area contributed by atoms with E-state index in [4.69, 9.17) is 0 Å². The molecule has 0 fully saturated rings. The highest BCUT2D eigenvalue weighted by atomic mass is 32.2. The summed E-state index contributed by atoms with van der Waals surface area (Å²) in [6, 6.07) is 8.51. The summed E-state index contributed by atoms with van der Waals surface area (Å²) in [6.45, 7) is -0.495. The Balaban J connectivity index is 2.19. The first-order chi connectivity index (χ1) is 10.8. The highest BCUT2D eigenvalue weighted by Gasteiger charge is 2.31. The van der Waals surface area contributed by atoms with Crippen molar-refractivity contribution in [2.24, 2.45) is 0 Å². The predicted molar refractivity (Wildman–Crippen MR) is 82.6 cm³/mol. The van der Waals surface area contributed by atoms with Crippen LogP contribution in [0.1, 0.15) is 5.56 Å². The normalized spacial score (nSPS) is 11.3. The number of alkyl halides is 3. The van der Waals surface area contributed by atoms with Gasteiger partial charge >= 0.3 is 6.18 Å². The second-order valence-electron chi connectivity index (χ2n) is 4.63. The van der Waals surface area contributed by atoms with Gasteiger partial charge in [-0.15, -0.1) is 11.8 Å². The predicted octanol–water partition coefficient (Wildman–Crippen LogP) is 3.23. The first kappa shape index (κ1) is 17.1. The summed E-state index contributed by atoms with van der Waals surface area (Å²) < 4.78 is 38.7. The van der Waals surface area contributed by atoms with Crippen molar-refractivity contribution in [3.63, 3.8) is 0 Å². The Bertz CT molecular complexity index is 772. The maximum Gasteiger partial charge on any atom is 0.417 e. The number of pyridine rings is 1. The van der Waals surface area contributed by atoms with Gasteiger partial charge in [-0.2, -0.15) is 13.2 Å². The molecule has 2 aromatic rings. The van der Waals surface area contributed by atoms with Crippen molar-refractivity contribution < 1.29 is 18.0 Å². The monoisotopic (exact) mass is 342 g/mol. The van der Waals surface area contributed by atoms with Gasteiger partial charge < -0.3 is 9.88 Å². The van der Waals surface area contributed by atoms with E-state index in [1.807, 2.05) is 6.26 Å². The quantitative estimate of drug-likeness (QED) is 0.868. The largest absolute Gasteiger partial charge is 0.417 e. The maximum atomic E-state index is 12.7. The molecule has 1 aromatic carbocycles. The van der Waals surface area contributed by atoms with E-state index in [0.717, 1.165) is 15.5 Å². The van der Waals surface area contributed by atoms with Crippen molar-refractivity contribution in [2.75, 3.05) is 11.6 Å². The number of thioether (sulfide) groups is 1. The van der Waals surface area contributed by atoms with Crippen molar-refractivity contribution in [1.29, 1.82) is 0 Å². The van der Waals surface area contributed by atoms with Crippen LogP contribution in [0.15, 0.2) is 52.3 Å². The second-order valence-corrected chi connectivity index (χ2v) is 5.48. The average molecular weight is 342 g/mol. The van der Waals surface area contributed by atoms with Gasteiger partial charge in [0.25, 0.3) is 5.56 Å². The van der Waals surface area contributed by atoms with E-state index in [1.165, 1.54) is 11.8 Å². The van der Waals surface area contributed by atoms with Crippen molar-refractivity contribution in [2.45, 2.75) is 17.6 Å². The Morgan fingerprint density at radius 3 is 2.57 bits per heavy atom. The van der Waals surface area contributed by atoms with Crippen LogP contribution in [-0.2, 0) is 17.5 Å². The van der Waals surface area contributed by atoms with E-state index in [0.29, 0.717) is 18.0 Å². The molecule has 0 aliphatic rings. The molecule has 0 saturated heterocycles. The number of benzene rings is 1. The van der Waals surface area contributed by atoms with E-state index < -0.39 is 29.8 Å². The summed E-state index contributed by atoms with van der Waals surface area (Å²) in [7, 11) is 0. The molecule has 0 aliphatic carbocycles. The van der Waals surface area contributed by atoms with E-state index in [2.05, 4.69) is 5.32 Å². The van der Waals surface area contributed by atoms with Gasteiger partial charge in [0.15, 0.2) is 0 Å². The van der Waals surface area contributed by atoms with Crippen LogP contribution in [0.25, 0.3) is 0 Å². The van der Waals surface area contributed by atoms with Gasteiger partial charge in [-0.3, -0.25) is 9.59 Å². The van der Waals surface area contributed by atoms with E-state index in [9.17, 15) is 22.8 Å². The Morgan fingerprint density at radius 1 is 1.22 bits per heavy atom. The number of hydrogen-bond donors (Lipinski definition) is 1. The SMILES string of the molecule is CSc1ccccc1NC(=O)Cn1cc(C(F)(F)F)ccc1=O. The number of amides is 1. The number of nitrogens with zero attached hydrogens (tertiary/aromatic N) is 1. The lowest BCUT2D eigenvalue weighted by atomic mass is 10.2. The van der Waals surface area contributed by atoms with Crippen LogP contribution < -0.4 is 10.9 Å². The van der Waals surface area contributed by atoms with Crippen LogP contribution in [0.3, 0.4) is 0 Å². The lowest BCUT2D eigenvalue weighted by Gasteiger charge is -2.12. The Morgan fingerprint density at radius 2 is 1.91 bits per heavy atom. The smallest absolute Gasteiger partial charge is 0.324 e. The summed E-state index contributed by atoms with van der Waals surface area (Å²) in [5.41, 5.74) is -1.11. The van der Waals surface area contributed by atoms with Gasteiger partial charge in [-0.1, -0.05) is 12.1 Å². The fourth-order valence-electron chi connectivity index (χ4n) is 1.91. The van der Waals surface area contributed by atoms with Gasteiger partial charge in [0.1, 0.15) is 6.54 Å². The molecule has 23 heavy (non-hydrogen) atoms. The molecule has 0 saturated carbocycles. The topological polar surface area (TPSA) is 51.1 Å². The van der Waals surface area contributed by atoms with Crippen molar-refractivity contribution in [1.82, 2.24) is 4.57 Å². The number of halogens is 3. The third kappa shape index (κ3) is 4.38. The molecule has 0 radical (unpaired) electrons. The number of hydrogen-bond acceptors (Lipinski definition) is 3. The molecule has 1 heterocycles. The molecular formula is C15H13F3N2O2S. The van der Waals surface area contributed by atoms with Crippen LogP contribution in [0.4, 0.5) is 18.9 Å². The number of nitrogens with one attached hydrogen (secondary N) is 1. The first-order valence-electron chi connectivity index (χ1n) is 6.52. The Labute approximate surface area is 134 Å². The molecule has 8 heteroatoms. The van der Waals surface area contributed by atoms with Crippen molar-refractivity contribution in [3.05, 3.63) is 58.5 Å². The van der Waals surface area contributed by atoms with Crippen LogP contribution in [-0.4, -0.2) is 16.7 Å². The lowest BCUT2D eigenvalue weighted by molar-refractivity contribution is -0.138. The number of anilines is 1. The second kappa shape index (κ2) is 6.91. The Hall–Kier alpha value is -2.22. The lowest BCUT2D eigenvalue weighted by Crippen LogP contribution is -2.28. The third-order valence-electron chi connectivity index (χ3n) is 3.01. The molecule has 1 amide bonds. The number of carbonyl (C=O) groups excluding carboxylic acids is 1. The van der Waals surface area contributed by atoms with Gasteiger partial charge in [-0.25, -0.2) is 0 Å². The molecular weight excluding hydrogens is 329 g/mol. The van der Waals surface area contributed by atoms with Gasteiger partial charge in [0.2, 0.25) is 5.91 Å². The number of carbonyl (C=O) groups is 1. The molecule has 4 nitrogen and oxygen atoms in total. The summed E-state index contributed by atoms with van der Waals surface area (Å²) >= 11 is 1.42. The summed E-state index contributed by atoms with van der Waals surface area (Å²) in [5.74, 6) is -0.576. The minimum absolute atomic E-state index is 0.495. The first-order valence-corrected chi connectivity index (χ1v) is 7.74.